The van der Waals surface area contributed by atoms with Crippen LogP contribution in [0.25, 0.3) is 0 Å². The lowest BCUT2D eigenvalue weighted by Gasteiger charge is -2.15. The smallest absolute Gasteiger partial charge is 0.270 e. The van der Waals surface area contributed by atoms with E-state index < -0.39 is 14.9 Å². The normalized spacial score (nSPS) is 15.9. The molecule has 3 rings (SSSR count). The van der Waals surface area contributed by atoms with Crippen molar-refractivity contribution in [2.24, 2.45) is 4.99 Å². The molecule has 0 bridgehead atoms. The molecule has 2 aromatic rings. The molecule has 0 saturated carbocycles. The number of para-hydroxylation sites is 1. The van der Waals surface area contributed by atoms with Gasteiger partial charge in [-0.1, -0.05) is 24.3 Å². The topological polar surface area (TPSA) is 135 Å². The Hall–Kier alpha value is -3.18. The van der Waals surface area contributed by atoms with Gasteiger partial charge in [-0.3, -0.25) is 15.1 Å². The molecule has 10 nitrogen and oxygen atoms in total. The molecule has 0 spiro atoms. The van der Waals surface area contributed by atoms with Gasteiger partial charge in [0, 0.05) is 38.7 Å². The van der Waals surface area contributed by atoms with Crippen LogP contribution in [0.4, 0.5) is 5.69 Å². The zero-order valence-electron chi connectivity index (χ0n) is 16.4. The van der Waals surface area contributed by atoms with Crippen molar-refractivity contribution in [3.8, 4) is 5.75 Å². The molecule has 160 valence electrons. The van der Waals surface area contributed by atoms with Crippen molar-refractivity contribution in [3.63, 3.8) is 0 Å². The van der Waals surface area contributed by atoms with Crippen LogP contribution >= 0.6 is 0 Å². The Morgan fingerprint density at radius 3 is 2.73 bits per heavy atom. The summed E-state index contributed by atoms with van der Waals surface area (Å²) in [6.07, 6.45) is 0.803. The Kier molecular flexibility index (Phi) is 6.85. The van der Waals surface area contributed by atoms with Crippen molar-refractivity contribution in [3.05, 3.63) is 64.2 Å². The SMILES string of the molecule is CN=C(NCCNS(=O)(=O)c1cccc([N+](=O)[O-])c1)NCC1Cc2ccccc2O1. The van der Waals surface area contributed by atoms with Crippen molar-refractivity contribution in [2.75, 3.05) is 26.7 Å². The van der Waals surface area contributed by atoms with Crippen LogP contribution < -0.4 is 20.1 Å². The predicted octanol–water partition coefficient (Wildman–Crippen LogP) is 1.04. The van der Waals surface area contributed by atoms with Gasteiger partial charge in [0.25, 0.3) is 5.69 Å². The first-order valence-electron chi connectivity index (χ1n) is 9.32. The summed E-state index contributed by atoms with van der Waals surface area (Å²) in [7, 11) is -2.23. The Balaban J connectivity index is 1.43. The lowest BCUT2D eigenvalue weighted by Crippen LogP contribution is -2.44. The van der Waals surface area contributed by atoms with E-state index in [0.717, 1.165) is 18.2 Å². The maximum absolute atomic E-state index is 12.3. The van der Waals surface area contributed by atoms with Crippen LogP contribution in [0.1, 0.15) is 5.56 Å². The van der Waals surface area contributed by atoms with Crippen LogP contribution in [0.3, 0.4) is 0 Å². The summed E-state index contributed by atoms with van der Waals surface area (Å²) in [5.41, 5.74) is 0.889. The Bertz CT molecular complexity index is 1020. The third kappa shape index (κ3) is 5.45. The molecule has 0 fully saturated rings. The number of sulfonamides is 1. The highest BCUT2D eigenvalue weighted by molar-refractivity contribution is 7.89. The van der Waals surface area contributed by atoms with Crippen molar-refractivity contribution in [1.82, 2.24) is 15.4 Å². The lowest BCUT2D eigenvalue weighted by molar-refractivity contribution is -0.385. The second-order valence-corrected chi connectivity index (χ2v) is 8.35. The van der Waals surface area contributed by atoms with E-state index in [0.29, 0.717) is 12.5 Å². The number of rotatable bonds is 8. The number of nitrogens with zero attached hydrogens (tertiary/aromatic N) is 2. The van der Waals surface area contributed by atoms with Crippen molar-refractivity contribution in [1.29, 1.82) is 0 Å². The van der Waals surface area contributed by atoms with Crippen molar-refractivity contribution < 1.29 is 18.1 Å². The quantitative estimate of drug-likeness (QED) is 0.186. The van der Waals surface area contributed by atoms with Gasteiger partial charge in [0.1, 0.15) is 11.9 Å². The number of nitro groups is 1. The molecule has 1 heterocycles. The molecule has 1 aliphatic rings. The molecule has 0 radical (unpaired) electrons. The number of guanidine groups is 1. The molecule has 3 N–H and O–H groups in total. The Labute approximate surface area is 174 Å². The minimum atomic E-state index is -3.85. The minimum Gasteiger partial charge on any atom is -0.488 e. The summed E-state index contributed by atoms with van der Waals surface area (Å²) in [5.74, 6) is 1.41. The van der Waals surface area contributed by atoms with E-state index in [1.54, 1.807) is 7.05 Å². The summed E-state index contributed by atoms with van der Waals surface area (Å²) in [6.45, 7) is 0.907. The van der Waals surface area contributed by atoms with Crippen molar-refractivity contribution in [2.45, 2.75) is 17.4 Å². The minimum absolute atomic E-state index is 0.00618. The average molecular weight is 433 g/mol. The van der Waals surface area contributed by atoms with E-state index in [9.17, 15) is 18.5 Å². The number of fused-ring (bicyclic) bond motifs is 1. The maximum atomic E-state index is 12.3. The number of hydrogen-bond donors (Lipinski definition) is 3. The van der Waals surface area contributed by atoms with Gasteiger partial charge in [-0.2, -0.15) is 0 Å². The first-order chi connectivity index (χ1) is 14.4. The van der Waals surface area contributed by atoms with E-state index in [-0.39, 0.29) is 29.8 Å². The van der Waals surface area contributed by atoms with Crippen LogP contribution in [-0.4, -0.2) is 52.1 Å². The van der Waals surface area contributed by atoms with E-state index in [2.05, 4.69) is 20.3 Å². The number of nitro benzene ring substituents is 1. The highest BCUT2D eigenvalue weighted by Crippen LogP contribution is 2.27. The Morgan fingerprint density at radius 2 is 2.00 bits per heavy atom. The summed E-state index contributed by atoms with van der Waals surface area (Å²) < 4.78 is 32.9. The molecule has 0 aromatic heterocycles. The van der Waals surface area contributed by atoms with Gasteiger partial charge in [0.2, 0.25) is 10.0 Å². The number of aliphatic imine (C=N–C) groups is 1. The van der Waals surface area contributed by atoms with E-state index >= 15 is 0 Å². The fraction of sp³-hybridized carbons (Fsp3) is 0.316. The third-order valence-corrected chi connectivity index (χ3v) is 5.94. The lowest BCUT2D eigenvalue weighted by atomic mass is 10.1. The molecule has 11 heteroatoms. The first-order valence-corrected chi connectivity index (χ1v) is 10.8. The third-order valence-electron chi connectivity index (χ3n) is 4.48. The molecule has 1 aliphatic heterocycles. The standard InChI is InChI=1S/C19H23N5O5S/c1-20-19(22-13-16-11-14-5-2-3-8-18(14)29-16)21-9-10-23-30(27,28)17-7-4-6-15(12-17)24(25)26/h2-8,12,16,23H,9-11,13H2,1H3,(H2,20,21,22). The van der Waals surface area contributed by atoms with E-state index in [1.165, 1.54) is 23.8 Å². The maximum Gasteiger partial charge on any atom is 0.270 e. The second-order valence-electron chi connectivity index (χ2n) is 6.58. The molecule has 0 aliphatic carbocycles. The molecule has 0 amide bonds. The van der Waals surface area contributed by atoms with Gasteiger partial charge < -0.3 is 15.4 Å². The van der Waals surface area contributed by atoms with Crippen LogP contribution in [0, 0.1) is 10.1 Å². The zero-order valence-corrected chi connectivity index (χ0v) is 17.2. The van der Waals surface area contributed by atoms with Crippen molar-refractivity contribution >= 4 is 21.7 Å². The zero-order chi connectivity index (χ0) is 21.6. The second kappa shape index (κ2) is 9.55. The molecular weight excluding hydrogens is 410 g/mol. The van der Waals surface area contributed by atoms with Gasteiger partial charge in [-0.25, -0.2) is 13.1 Å². The number of non-ortho nitro benzene ring substituents is 1. The molecule has 1 atom stereocenters. The van der Waals surface area contributed by atoms with Crippen LogP contribution in [0.2, 0.25) is 0 Å². The molecule has 1 unspecified atom stereocenters. The predicted molar refractivity (Wildman–Crippen MR) is 112 cm³/mol. The van der Waals surface area contributed by atoms with Gasteiger partial charge in [-0.15, -0.1) is 0 Å². The average Bonchev–Trinajstić information content (AvgIpc) is 3.16. The largest absolute Gasteiger partial charge is 0.488 e. The van der Waals surface area contributed by atoms with Gasteiger partial charge in [0.05, 0.1) is 16.4 Å². The fourth-order valence-electron chi connectivity index (χ4n) is 3.01. The van der Waals surface area contributed by atoms with E-state index in [4.69, 9.17) is 4.74 Å². The van der Waals surface area contributed by atoms with Crippen LogP contribution in [0.5, 0.6) is 5.75 Å². The summed E-state index contributed by atoms with van der Waals surface area (Å²) in [5, 5.41) is 17.0. The number of nitrogens with one attached hydrogen (secondary N) is 3. The monoisotopic (exact) mass is 433 g/mol. The summed E-state index contributed by atoms with van der Waals surface area (Å²) in [6, 6.07) is 12.8. The fourth-order valence-corrected chi connectivity index (χ4v) is 4.08. The van der Waals surface area contributed by atoms with Gasteiger partial charge >= 0.3 is 0 Å². The van der Waals surface area contributed by atoms with Crippen LogP contribution in [0.15, 0.2) is 58.4 Å². The molecule has 30 heavy (non-hydrogen) atoms. The molecule has 0 saturated heterocycles. The molecular formula is C19H23N5O5S. The van der Waals surface area contributed by atoms with E-state index in [1.807, 2.05) is 24.3 Å². The molecule has 2 aromatic carbocycles. The van der Waals surface area contributed by atoms with Crippen LogP contribution in [-0.2, 0) is 16.4 Å². The van der Waals surface area contributed by atoms with Gasteiger partial charge in [0.15, 0.2) is 5.96 Å². The number of benzene rings is 2. The van der Waals surface area contributed by atoms with Gasteiger partial charge in [-0.05, 0) is 17.7 Å². The summed E-state index contributed by atoms with van der Waals surface area (Å²) in [4.78, 5) is 14.1. The highest BCUT2D eigenvalue weighted by atomic mass is 32.2. The summed E-state index contributed by atoms with van der Waals surface area (Å²) >= 11 is 0. The highest BCUT2D eigenvalue weighted by Gasteiger charge is 2.22. The Morgan fingerprint density at radius 1 is 1.20 bits per heavy atom. The first kappa shape index (κ1) is 21.5. The number of ether oxygens (including phenoxy) is 1. The number of hydrogen-bond acceptors (Lipinski definition) is 6.